The maximum absolute atomic E-state index is 5.58. The van der Waals surface area contributed by atoms with E-state index < -0.39 is 0 Å². The summed E-state index contributed by atoms with van der Waals surface area (Å²) in [5, 5.41) is 3.21. The lowest BCUT2D eigenvalue weighted by Gasteiger charge is -2.21. The minimum Gasteiger partial charge on any atom is -0.379 e. The van der Waals surface area contributed by atoms with E-state index in [-0.39, 0.29) is 24.0 Å². The molecule has 0 aliphatic heterocycles. The molecule has 1 N–H and O–H groups in total. The molecule has 0 heterocycles. The van der Waals surface area contributed by atoms with Gasteiger partial charge in [0.2, 0.25) is 0 Å². The molecule has 0 aromatic heterocycles. The number of nitrogens with one attached hydrogen (secondary N) is 1. The van der Waals surface area contributed by atoms with Crippen LogP contribution in [0, 0.1) is 5.92 Å². The van der Waals surface area contributed by atoms with E-state index >= 15 is 0 Å². The Morgan fingerprint density at radius 2 is 2.19 bits per heavy atom. The van der Waals surface area contributed by atoms with Gasteiger partial charge in [0.05, 0.1) is 6.61 Å². The SMILES string of the molecule is CCNC(=NC)N(C)CCOCC1CC1.I. The predicted octanol–water partition coefficient (Wildman–Crippen LogP) is 1.56. The molecule has 1 rings (SSSR count). The van der Waals surface area contributed by atoms with Gasteiger partial charge in [-0.2, -0.15) is 0 Å². The van der Waals surface area contributed by atoms with Crippen molar-refractivity contribution in [2.24, 2.45) is 10.9 Å². The predicted molar refractivity (Wildman–Crippen MR) is 78.6 cm³/mol. The average Bonchev–Trinajstić information content (AvgIpc) is 3.04. The second-order valence-corrected chi connectivity index (χ2v) is 4.02. The van der Waals surface area contributed by atoms with Crippen molar-refractivity contribution in [2.45, 2.75) is 19.8 Å². The third-order valence-electron chi connectivity index (χ3n) is 2.53. The van der Waals surface area contributed by atoms with Crippen molar-refractivity contribution in [3.63, 3.8) is 0 Å². The summed E-state index contributed by atoms with van der Waals surface area (Å²) in [5.41, 5.74) is 0. The Labute approximate surface area is 116 Å². The van der Waals surface area contributed by atoms with Crippen LogP contribution in [0.4, 0.5) is 0 Å². The van der Waals surface area contributed by atoms with E-state index in [4.69, 9.17) is 4.74 Å². The highest BCUT2D eigenvalue weighted by molar-refractivity contribution is 14.0. The van der Waals surface area contributed by atoms with Crippen LogP contribution in [0.15, 0.2) is 4.99 Å². The maximum atomic E-state index is 5.58. The van der Waals surface area contributed by atoms with Gasteiger partial charge >= 0.3 is 0 Å². The second-order valence-electron chi connectivity index (χ2n) is 4.02. The number of likely N-dealkylation sites (N-methyl/N-ethyl adjacent to an activating group) is 1. The second kappa shape index (κ2) is 9.04. The largest absolute Gasteiger partial charge is 0.379 e. The summed E-state index contributed by atoms with van der Waals surface area (Å²) in [6, 6.07) is 0. The van der Waals surface area contributed by atoms with E-state index in [2.05, 4.69) is 22.1 Å². The first kappa shape index (κ1) is 16.0. The first-order valence-corrected chi connectivity index (χ1v) is 5.77. The molecule has 0 saturated heterocycles. The van der Waals surface area contributed by atoms with Crippen LogP contribution in [-0.2, 0) is 4.74 Å². The smallest absolute Gasteiger partial charge is 0.193 e. The number of guanidine groups is 1. The van der Waals surface area contributed by atoms with Crippen molar-refractivity contribution in [3.05, 3.63) is 0 Å². The fraction of sp³-hybridized carbons (Fsp3) is 0.909. The first-order valence-electron chi connectivity index (χ1n) is 5.77. The third kappa shape index (κ3) is 6.52. The zero-order valence-electron chi connectivity index (χ0n) is 10.5. The van der Waals surface area contributed by atoms with E-state index in [1.54, 1.807) is 7.05 Å². The van der Waals surface area contributed by atoms with Crippen LogP contribution in [0.25, 0.3) is 0 Å². The number of aliphatic imine (C=N–C) groups is 1. The molecule has 0 aromatic rings. The zero-order valence-corrected chi connectivity index (χ0v) is 12.9. The van der Waals surface area contributed by atoms with Crippen molar-refractivity contribution >= 4 is 29.9 Å². The molecule has 0 unspecified atom stereocenters. The molecule has 1 aliphatic carbocycles. The Morgan fingerprint density at radius 3 is 2.69 bits per heavy atom. The monoisotopic (exact) mass is 341 g/mol. The molecule has 0 radical (unpaired) electrons. The fourth-order valence-corrected chi connectivity index (χ4v) is 1.38. The van der Waals surface area contributed by atoms with Crippen LogP contribution in [0.1, 0.15) is 19.8 Å². The van der Waals surface area contributed by atoms with Crippen molar-refractivity contribution in [1.29, 1.82) is 0 Å². The lowest BCUT2D eigenvalue weighted by Crippen LogP contribution is -2.40. The molecule has 1 saturated carbocycles. The highest BCUT2D eigenvalue weighted by atomic mass is 127. The Morgan fingerprint density at radius 1 is 1.50 bits per heavy atom. The van der Waals surface area contributed by atoms with E-state index in [0.29, 0.717) is 0 Å². The molecule has 16 heavy (non-hydrogen) atoms. The molecule has 0 atom stereocenters. The summed E-state index contributed by atoms with van der Waals surface area (Å²) in [4.78, 5) is 6.27. The Kier molecular flexibility index (Phi) is 9.02. The summed E-state index contributed by atoms with van der Waals surface area (Å²) < 4.78 is 5.58. The van der Waals surface area contributed by atoms with Crippen molar-refractivity contribution in [1.82, 2.24) is 10.2 Å². The Balaban J connectivity index is 0.00000225. The molecular formula is C11H24IN3O. The van der Waals surface area contributed by atoms with Gasteiger partial charge in [0, 0.05) is 33.8 Å². The molecule has 96 valence electrons. The standard InChI is InChI=1S/C11H23N3O.HI/c1-4-13-11(12-2)14(3)7-8-15-9-10-5-6-10;/h10H,4-9H2,1-3H3,(H,12,13);1H. The van der Waals surface area contributed by atoms with E-state index in [9.17, 15) is 0 Å². The van der Waals surface area contributed by atoms with Gasteiger partial charge in [-0.15, -0.1) is 24.0 Å². The third-order valence-corrected chi connectivity index (χ3v) is 2.53. The summed E-state index contributed by atoms with van der Waals surface area (Å²) in [5.74, 6) is 1.79. The molecule has 4 nitrogen and oxygen atoms in total. The van der Waals surface area contributed by atoms with Crippen molar-refractivity contribution in [3.8, 4) is 0 Å². The Hall–Kier alpha value is -0.0400. The van der Waals surface area contributed by atoms with Gasteiger partial charge in [-0.1, -0.05) is 0 Å². The highest BCUT2D eigenvalue weighted by Crippen LogP contribution is 2.28. The first-order chi connectivity index (χ1) is 7.27. The molecule has 0 amide bonds. The average molecular weight is 341 g/mol. The molecule has 0 aromatic carbocycles. The lowest BCUT2D eigenvalue weighted by atomic mass is 10.5. The summed E-state index contributed by atoms with van der Waals surface area (Å²) in [6.45, 7) is 5.60. The summed E-state index contributed by atoms with van der Waals surface area (Å²) >= 11 is 0. The number of halogens is 1. The highest BCUT2D eigenvalue weighted by Gasteiger charge is 2.20. The van der Waals surface area contributed by atoms with Crippen LogP contribution in [0.5, 0.6) is 0 Å². The minimum atomic E-state index is 0. The van der Waals surface area contributed by atoms with Crippen LogP contribution in [-0.4, -0.2) is 51.3 Å². The topological polar surface area (TPSA) is 36.9 Å². The molecule has 0 bridgehead atoms. The van der Waals surface area contributed by atoms with Crippen molar-refractivity contribution < 1.29 is 4.74 Å². The van der Waals surface area contributed by atoms with Gasteiger partial charge in [-0.3, -0.25) is 4.99 Å². The summed E-state index contributed by atoms with van der Waals surface area (Å²) in [7, 11) is 3.84. The van der Waals surface area contributed by atoms with E-state index in [0.717, 1.165) is 38.2 Å². The van der Waals surface area contributed by atoms with Crippen LogP contribution >= 0.6 is 24.0 Å². The van der Waals surface area contributed by atoms with Crippen LogP contribution in [0.2, 0.25) is 0 Å². The van der Waals surface area contributed by atoms with E-state index in [1.165, 1.54) is 12.8 Å². The van der Waals surface area contributed by atoms with Crippen LogP contribution < -0.4 is 5.32 Å². The molecular weight excluding hydrogens is 317 g/mol. The number of hydrogen-bond acceptors (Lipinski definition) is 2. The fourth-order valence-electron chi connectivity index (χ4n) is 1.38. The van der Waals surface area contributed by atoms with Gasteiger partial charge in [0.25, 0.3) is 0 Å². The molecule has 1 aliphatic rings. The number of nitrogens with zero attached hydrogens (tertiary/aromatic N) is 2. The summed E-state index contributed by atoms with van der Waals surface area (Å²) in [6.07, 6.45) is 2.71. The number of rotatable bonds is 6. The van der Waals surface area contributed by atoms with Gasteiger partial charge < -0.3 is 15.0 Å². The minimum absolute atomic E-state index is 0. The number of ether oxygens (including phenoxy) is 1. The molecule has 1 fully saturated rings. The quantitative estimate of drug-likeness (QED) is 0.345. The molecule has 5 heteroatoms. The van der Waals surface area contributed by atoms with Crippen molar-refractivity contribution in [2.75, 3.05) is 40.4 Å². The number of hydrogen-bond donors (Lipinski definition) is 1. The van der Waals surface area contributed by atoms with Crippen LogP contribution in [0.3, 0.4) is 0 Å². The maximum Gasteiger partial charge on any atom is 0.193 e. The lowest BCUT2D eigenvalue weighted by molar-refractivity contribution is 0.115. The zero-order chi connectivity index (χ0) is 11.1. The van der Waals surface area contributed by atoms with E-state index in [1.807, 2.05) is 7.05 Å². The van der Waals surface area contributed by atoms with Gasteiger partial charge in [0.15, 0.2) is 5.96 Å². The molecule has 0 spiro atoms. The van der Waals surface area contributed by atoms with Gasteiger partial charge in [0.1, 0.15) is 0 Å². The van der Waals surface area contributed by atoms with Gasteiger partial charge in [-0.05, 0) is 25.7 Å². The normalized spacial score (nSPS) is 15.6. The van der Waals surface area contributed by atoms with Gasteiger partial charge in [-0.25, -0.2) is 0 Å². The Bertz CT molecular complexity index is 207.